The number of nitro groups is 1. The number of ether oxygens (including phenoxy) is 1. The Morgan fingerprint density at radius 3 is 2.60 bits per heavy atom. The van der Waals surface area contributed by atoms with Crippen molar-refractivity contribution >= 4 is 5.69 Å². The molecule has 1 aliphatic heterocycles. The van der Waals surface area contributed by atoms with Crippen molar-refractivity contribution in [1.29, 1.82) is 0 Å². The summed E-state index contributed by atoms with van der Waals surface area (Å²) in [6.45, 7) is 1.02. The highest BCUT2D eigenvalue weighted by Gasteiger charge is 2.30. The Labute approximate surface area is 113 Å². The van der Waals surface area contributed by atoms with Gasteiger partial charge in [-0.05, 0) is 25.9 Å². The number of nitrogens with zero attached hydrogens (tertiary/aromatic N) is 1. The molecule has 0 atom stereocenters. The van der Waals surface area contributed by atoms with Gasteiger partial charge in [0.15, 0.2) is 11.6 Å². The van der Waals surface area contributed by atoms with E-state index in [1.807, 2.05) is 0 Å². The molecule has 1 saturated heterocycles. The fourth-order valence-corrected chi connectivity index (χ4v) is 2.02. The number of hydrogen-bond acceptors (Lipinski definition) is 5. The average Bonchev–Trinajstić information content (AvgIpc) is 2.40. The molecule has 8 heteroatoms. The fraction of sp³-hybridized carbons (Fsp3) is 0.500. The van der Waals surface area contributed by atoms with Gasteiger partial charge in [0.25, 0.3) is 0 Å². The Kier molecular flexibility index (Phi) is 4.15. The zero-order valence-electron chi connectivity index (χ0n) is 10.6. The van der Waals surface area contributed by atoms with Crippen LogP contribution in [-0.4, -0.2) is 35.3 Å². The van der Waals surface area contributed by atoms with Gasteiger partial charge in [0.1, 0.15) is 12.2 Å². The lowest BCUT2D eigenvalue weighted by Crippen LogP contribution is -2.46. The van der Waals surface area contributed by atoms with Crippen LogP contribution in [0.5, 0.6) is 5.75 Å². The normalized spacial score (nSPS) is 17.8. The van der Waals surface area contributed by atoms with E-state index in [0.29, 0.717) is 38.1 Å². The summed E-state index contributed by atoms with van der Waals surface area (Å²) < 4.78 is 32.0. The molecule has 0 spiro atoms. The van der Waals surface area contributed by atoms with Crippen LogP contribution in [0, 0.1) is 21.7 Å². The molecule has 110 valence electrons. The Hall–Kier alpha value is -1.80. The molecule has 1 fully saturated rings. The Balaban J connectivity index is 2.10. The van der Waals surface area contributed by atoms with E-state index < -0.39 is 33.6 Å². The van der Waals surface area contributed by atoms with Gasteiger partial charge >= 0.3 is 5.69 Å². The minimum Gasteiger partial charge on any atom is -0.487 e. The molecule has 0 unspecified atom stereocenters. The zero-order chi connectivity index (χ0) is 14.8. The number of nitro benzene ring substituents is 1. The van der Waals surface area contributed by atoms with Crippen LogP contribution < -0.4 is 10.1 Å². The largest absolute Gasteiger partial charge is 0.487 e. The second-order valence-electron chi connectivity index (χ2n) is 4.75. The van der Waals surface area contributed by atoms with Gasteiger partial charge in [-0.2, -0.15) is 4.39 Å². The van der Waals surface area contributed by atoms with E-state index in [-0.39, 0.29) is 6.61 Å². The molecule has 0 bridgehead atoms. The minimum absolute atomic E-state index is 0.192. The SMILES string of the molecule is O=[N+]([O-])c1cc(F)c(OCC2(O)CCNCC2)cc1F. The van der Waals surface area contributed by atoms with E-state index in [1.165, 1.54) is 0 Å². The predicted molar refractivity (Wildman–Crippen MR) is 65.6 cm³/mol. The van der Waals surface area contributed by atoms with Crippen molar-refractivity contribution < 1.29 is 23.5 Å². The third kappa shape index (κ3) is 3.20. The molecule has 6 nitrogen and oxygen atoms in total. The molecule has 0 radical (unpaired) electrons. The quantitative estimate of drug-likeness (QED) is 0.645. The average molecular weight is 288 g/mol. The summed E-state index contributed by atoms with van der Waals surface area (Å²) in [5.41, 5.74) is -2.05. The second kappa shape index (κ2) is 5.68. The lowest BCUT2D eigenvalue weighted by Gasteiger charge is -2.32. The van der Waals surface area contributed by atoms with Gasteiger partial charge in [0.05, 0.1) is 11.0 Å². The highest BCUT2D eigenvalue weighted by molar-refractivity contribution is 5.39. The van der Waals surface area contributed by atoms with Crippen molar-refractivity contribution in [1.82, 2.24) is 5.32 Å². The molecule has 1 heterocycles. The number of benzene rings is 1. The predicted octanol–water partition coefficient (Wildman–Crippen LogP) is 1.37. The molecular weight excluding hydrogens is 274 g/mol. The summed E-state index contributed by atoms with van der Waals surface area (Å²) in [5.74, 6) is -2.65. The van der Waals surface area contributed by atoms with Crippen molar-refractivity contribution in [3.8, 4) is 5.75 Å². The maximum absolute atomic E-state index is 13.6. The standard InChI is InChI=1S/C12H14F2N2O4/c13-8-6-11(9(14)5-10(8)16(18)19)20-7-12(17)1-3-15-4-2-12/h5-6,15,17H,1-4,7H2. The molecule has 1 aromatic rings. The van der Waals surface area contributed by atoms with E-state index in [9.17, 15) is 24.0 Å². The molecule has 0 aromatic heterocycles. The Morgan fingerprint density at radius 2 is 2.00 bits per heavy atom. The monoisotopic (exact) mass is 288 g/mol. The molecule has 0 saturated carbocycles. The topological polar surface area (TPSA) is 84.6 Å². The van der Waals surface area contributed by atoms with Gasteiger partial charge in [0, 0.05) is 6.07 Å². The summed E-state index contributed by atoms with van der Waals surface area (Å²) >= 11 is 0. The fourth-order valence-electron chi connectivity index (χ4n) is 2.02. The van der Waals surface area contributed by atoms with Gasteiger partial charge in [-0.15, -0.1) is 0 Å². The molecule has 0 amide bonds. The number of rotatable bonds is 4. The highest BCUT2D eigenvalue weighted by atomic mass is 19.1. The van der Waals surface area contributed by atoms with Crippen LogP contribution in [-0.2, 0) is 0 Å². The van der Waals surface area contributed by atoms with Crippen molar-refractivity contribution in [2.45, 2.75) is 18.4 Å². The van der Waals surface area contributed by atoms with Gasteiger partial charge in [-0.3, -0.25) is 10.1 Å². The first kappa shape index (κ1) is 14.6. The summed E-state index contributed by atoms with van der Waals surface area (Å²) in [6.07, 6.45) is 0.869. The minimum atomic E-state index is -1.18. The van der Waals surface area contributed by atoms with Crippen LogP contribution in [0.2, 0.25) is 0 Å². The van der Waals surface area contributed by atoms with Crippen LogP contribution >= 0.6 is 0 Å². The maximum Gasteiger partial charge on any atom is 0.307 e. The Bertz CT molecular complexity index is 518. The first-order valence-corrected chi connectivity index (χ1v) is 6.11. The van der Waals surface area contributed by atoms with E-state index in [1.54, 1.807) is 0 Å². The smallest absolute Gasteiger partial charge is 0.307 e. The number of aliphatic hydroxyl groups is 1. The second-order valence-corrected chi connectivity index (χ2v) is 4.75. The molecule has 1 aromatic carbocycles. The lowest BCUT2D eigenvalue weighted by molar-refractivity contribution is -0.387. The van der Waals surface area contributed by atoms with E-state index >= 15 is 0 Å². The molecule has 2 rings (SSSR count). The molecule has 20 heavy (non-hydrogen) atoms. The van der Waals surface area contributed by atoms with Gasteiger partial charge < -0.3 is 15.2 Å². The summed E-state index contributed by atoms with van der Waals surface area (Å²) in [4.78, 5) is 9.44. The van der Waals surface area contributed by atoms with Crippen molar-refractivity contribution in [2.75, 3.05) is 19.7 Å². The van der Waals surface area contributed by atoms with Crippen LogP contribution in [0.3, 0.4) is 0 Å². The lowest BCUT2D eigenvalue weighted by atomic mass is 9.93. The molecular formula is C12H14F2N2O4. The van der Waals surface area contributed by atoms with Crippen molar-refractivity contribution in [3.05, 3.63) is 33.9 Å². The van der Waals surface area contributed by atoms with E-state index in [4.69, 9.17) is 4.74 Å². The van der Waals surface area contributed by atoms with Crippen LogP contribution in [0.1, 0.15) is 12.8 Å². The van der Waals surface area contributed by atoms with Crippen LogP contribution in [0.4, 0.5) is 14.5 Å². The van der Waals surface area contributed by atoms with Crippen molar-refractivity contribution in [2.24, 2.45) is 0 Å². The number of halogens is 2. The first-order chi connectivity index (χ1) is 9.41. The van der Waals surface area contributed by atoms with Gasteiger partial charge in [-0.25, -0.2) is 4.39 Å². The van der Waals surface area contributed by atoms with E-state index in [0.717, 1.165) is 0 Å². The zero-order valence-corrected chi connectivity index (χ0v) is 10.6. The van der Waals surface area contributed by atoms with Gasteiger partial charge in [0.2, 0.25) is 5.82 Å². The molecule has 1 aliphatic rings. The molecule has 2 N–H and O–H groups in total. The van der Waals surface area contributed by atoms with E-state index in [2.05, 4.69) is 5.32 Å². The Morgan fingerprint density at radius 1 is 1.35 bits per heavy atom. The van der Waals surface area contributed by atoms with Crippen LogP contribution in [0.15, 0.2) is 12.1 Å². The van der Waals surface area contributed by atoms with Crippen molar-refractivity contribution in [3.63, 3.8) is 0 Å². The maximum atomic E-state index is 13.6. The third-order valence-corrected chi connectivity index (χ3v) is 3.23. The number of nitrogens with one attached hydrogen (secondary N) is 1. The number of hydrogen-bond donors (Lipinski definition) is 2. The summed E-state index contributed by atoms with van der Waals surface area (Å²) in [5, 5.41) is 23.7. The summed E-state index contributed by atoms with van der Waals surface area (Å²) in [7, 11) is 0. The first-order valence-electron chi connectivity index (χ1n) is 6.11. The number of piperidine rings is 1. The summed E-state index contributed by atoms with van der Waals surface area (Å²) in [6, 6.07) is 1.09. The van der Waals surface area contributed by atoms with Crippen LogP contribution in [0.25, 0.3) is 0 Å². The molecule has 0 aliphatic carbocycles. The third-order valence-electron chi connectivity index (χ3n) is 3.23. The van der Waals surface area contributed by atoms with Gasteiger partial charge in [-0.1, -0.05) is 0 Å². The highest BCUT2D eigenvalue weighted by Crippen LogP contribution is 2.28.